The van der Waals surface area contributed by atoms with Crippen molar-refractivity contribution < 1.29 is 14.5 Å². The molecule has 9 heteroatoms. The second kappa shape index (κ2) is 8.32. The van der Waals surface area contributed by atoms with E-state index in [1.54, 1.807) is 30.5 Å². The van der Waals surface area contributed by atoms with Crippen LogP contribution in [0.1, 0.15) is 23.3 Å². The minimum absolute atomic E-state index is 0.0257. The van der Waals surface area contributed by atoms with E-state index in [9.17, 15) is 19.7 Å². The number of hydrogen-bond donors (Lipinski definition) is 4. The molecule has 1 aromatic heterocycles. The number of nitro benzene ring substituents is 1. The molecule has 0 atom stereocenters. The van der Waals surface area contributed by atoms with Crippen molar-refractivity contribution in [1.82, 2.24) is 15.8 Å². The van der Waals surface area contributed by atoms with Gasteiger partial charge in [0.15, 0.2) is 0 Å². The Kier molecular flexibility index (Phi) is 5.89. The summed E-state index contributed by atoms with van der Waals surface area (Å²) < 4.78 is 0. The first-order valence-corrected chi connectivity index (χ1v) is 7.27. The van der Waals surface area contributed by atoms with Crippen molar-refractivity contribution in [3.63, 3.8) is 0 Å². The molecule has 0 unspecified atom stereocenters. The quantitative estimate of drug-likeness (QED) is 0.348. The Balaban J connectivity index is 1.62. The fraction of sp³-hybridized carbons (Fsp3) is 0.200. The first kappa shape index (κ1) is 17.0. The molecule has 24 heavy (non-hydrogen) atoms. The van der Waals surface area contributed by atoms with Gasteiger partial charge >= 0.3 is 0 Å². The molecule has 0 spiro atoms. The summed E-state index contributed by atoms with van der Waals surface area (Å²) in [6, 6.07) is 9.30. The molecule has 0 aliphatic rings. The van der Waals surface area contributed by atoms with Gasteiger partial charge in [0.05, 0.1) is 4.92 Å². The molecule has 2 aromatic rings. The lowest BCUT2D eigenvalue weighted by Crippen LogP contribution is -2.41. The summed E-state index contributed by atoms with van der Waals surface area (Å²) in [7, 11) is 0. The standard InChI is InChI=1S/C15H17N5O4/c21-14(18-19-15(22)13-3-1-10-17-13)4-2-9-16-11-5-7-12(8-6-11)20(23)24/h1,3,5-8,10,16-17H,2,4,9H2,(H,18,21)(H,19,22). The lowest BCUT2D eigenvalue weighted by molar-refractivity contribution is -0.384. The largest absolute Gasteiger partial charge is 0.385 e. The molecule has 0 radical (unpaired) electrons. The summed E-state index contributed by atoms with van der Waals surface area (Å²) in [5.41, 5.74) is 5.75. The number of hydrogen-bond acceptors (Lipinski definition) is 5. The molecular weight excluding hydrogens is 314 g/mol. The van der Waals surface area contributed by atoms with E-state index in [2.05, 4.69) is 21.2 Å². The van der Waals surface area contributed by atoms with Gasteiger partial charge in [0.1, 0.15) is 5.69 Å². The van der Waals surface area contributed by atoms with E-state index in [-0.39, 0.29) is 18.0 Å². The average molecular weight is 331 g/mol. The third kappa shape index (κ3) is 5.13. The predicted octanol–water partition coefficient (Wildman–Crippen LogP) is 1.58. The van der Waals surface area contributed by atoms with E-state index >= 15 is 0 Å². The van der Waals surface area contributed by atoms with Crippen LogP contribution in [-0.4, -0.2) is 28.3 Å². The molecule has 0 aliphatic carbocycles. The number of H-pyrrole nitrogens is 1. The highest BCUT2D eigenvalue weighted by atomic mass is 16.6. The predicted molar refractivity (Wildman–Crippen MR) is 87.2 cm³/mol. The van der Waals surface area contributed by atoms with E-state index < -0.39 is 10.8 Å². The van der Waals surface area contributed by atoms with E-state index in [0.717, 1.165) is 5.69 Å². The van der Waals surface area contributed by atoms with E-state index in [4.69, 9.17) is 0 Å². The fourth-order valence-corrected chi connectivity index (χ4v) is 1.91. The van der Waals surface area contributed by atoms with Crippen LogP contribution in [-0.2, 0) is 4.79 Å². The first-order chi connectivity index (χ1) is 11.6. The number of amides is 2. The summed E-state index contributed by atoms with van der Waals surface area (Å²) in [6.45, 7) is 0.524. The van der Waals surface area contributed by atoms with Crippen molar-refractivity contribution in [2.75, 3.05) is 11.9 Å². The molecule has 0 aliphatic heterocycles. The van der Waals surface area contributed by atoms with Crippen LogP contribution in [0.5, 0.6) is 0 Å². The maximum atomic E-state index is 11.6. The zero-order valence-electron chi connectivity index (χ0n) is 12.7. The monoisotopic (exact) mass is 331 g/mol. The second-order valence-corrected chi connectivity index (χ2v) is 4.92. The number of hydrazine groups is 1. The van der Waals surface area contributed by atoms with Gasteiger partial charge < -0.3 is 10.3 Å². The van der Waals surface area contributed by atoms with Gasteiger partial charge in [-0.3, -0.25) is 30.6 Å². The van der Waals surface area contributed by atoms with Crippen LogP contribution in [0.2, 0.25) is 0 Å². The Morgan fingerprint density at radius 2 is 1.88 bits per heavy atom. The number of nitrogens with zero attached hydrogens (tertiary/aromatic N) is 1. The summed E-state index contributed by atoms with van der Waals surface area (Å²) in [5.74, 6) is -0.724. The van der Waals surface area contributed by atoms with Gasteiger partial charge in [0.2, 0.25) is 5.91 Å². The number of aromatic nitrogens is 1. The minimum Gasteiger partial charge on any atom is -0.385 e. The van der Waals surface area contributed by atoms with Crippen LogP contribution in [0.15, 0.2) is 42.6 Å². The number of non-ortho nitro benzene ring substituents is 1. The van der Waals surface area contributed by atoms with Gasteiger partial charge in [-0.25, -0.2) is 0 Å². The van der Waals surface area contributed by atoms with Gasteiger partial charge in [0, 0.05) is 37.0 Å². The Hall–Kier alpha value is -3.36. The van der Waals surface area contributed by atoms with E-state index in [1.165, 1.54) is 12.1 Å². The molecule has 0 bridgehead atoms. The van der Waals surface area contributed by atoms with Crippen molar-refractivity contribution in [3.8, 4) is 0 Å². The Bertz CT molecular complexity index is 697. The third-order valence-electron chi connectivity index (χ3n) is 3.15. The maximum Gasteiger partial charge on any atom is 0.286 e. The van der Waals surface area contributed by atoms with Crippen LogP contribution in [0, 0.1) is 10.1 Å². The van der Waals surface area contributed by atoms with Crippen LogP contribution >= 0.6 is 0 Å². The highest BCUT2D eigenvalue weighted by molar-refractivity contribution is 5.93. The number of nitrogens with one attached hydrogen (secondary N) is 4. The molecule has 1 heterocycles. The number of carbonyl (C=O) groups is 2. The average Bonchev–Trinajstić information content (AvgIpc) is 3.11. The van der Waals surface area contributed by atoms with Crippen molar-refractivity contribution in [2.45, 2.75) is 12.8 Å². The second-order valence-electron chi connectivity index (χ2n) is 4.92. The zero-order chi connectivity index (χ0) is 17.4. The van der Waals surface area contributed by atoms with E-state index in [0.29, 0.717) is 18.7 Å². The molecule has 1 aromatic carbocycles. The smallest absolute Gasteiger partial charge is 0.286 e. The zero-order valence-corrected chi connectivity index (χ0v) is 12.7. The molecule has 0 saturated heterocycles. The van der Waals surface area contributed by atoms with Crippen LogP contribution in [0.25, 0.3) is 0 Å². The van der Waals surface area contributed by atoms with Crippen molar-refractivity contribution in [3.05, 3.63) is 58.4 Å². The van der Waals surface area contributed by atoms with Crippen molar-refractivity contribution in [2.24, 2.45) is 0 Å². The minimum atomic E-state index is -0.463. The van der Waals surface area contributed by atoms with Crippen LogP contribution in [0.3, 0.4) is 0 Å². The van der Waals surface area contributed by atoms with Gasteiger partial charge in [-0.05, 0) is 30.7 Å². The first-order valence-electron chi connectivity index (χ1n) is 7.27. The molecule has 2 rings (SSSR count). The molecule has 2 amide bonds. The summed E-state index contributed by atoms with van der Waals surface area (Å²) in [5, 5.41) is 13.6. The number of anilines is 1. The Morgan fingerprint density at radius 1 is 1.12 bits per heavy atom. The van der Waals surface area contributed by atoms with Gasteiger partial charge in [0.25, 0.3) is 11.6 Å². The third-order valence-corrected chi connectivity index (χ3v) is 3.15. The lowest BCUT2D eigenvalue weighted by atomic mass is 10.2. The Labute approximate surface area is 137 Å². The van der Waals surface area contributed by atoms with Crippen molar-refractivity contribution in [1.29, 1.82) is 0 Å². The topological polar surface area (TPSA) is 129 Å². The van der Waals surface area contributed by atoms with Gasteiger partial charge in [-0.2, -0.15) is 0 Å². The highest BCUT2D eigenvalue weighted by Crippen LogP contribution is 2.15. The molecule has 9 nitrogen and oxygen atoms in total. The molecule has 4 N–H and O–H groups in total. The number of benzene rings is 1. The van der Waals surface area contributed by atoms with Gasteiger partial charge in [-0.1, -0.05) is 0 Å². The van der Waals surface area contributed by atoms with Crippen LogP contribution in [0.4, 0.5) is 11.4 Å². The fourth-order valence-electron chi connectivity index (χ4n) is 1.91. The lowest BCUT2D eigenvalue weighted by Gasteiger charge is -2.08. The highest BCUT2D eigenvalue weighted by Gasteiger charge is 2.07. The maximum absolute atomic E-state index is 11.6. The van der Waals surface area contributed by atoms with Crippen molar-refractivity contribution >= 4 is 23.2 Å². The van der Waals surface area contributed by atoms with E-state index in [1.807, 2.05) is 0 Å². The summed E-state index contributed by atoms with van der Waals surface area (Å²) >= 11 is 0. The molecule has 0 saturated carbocycles. The SMILES string of the molecule is O=C(CCCNc1ccc([N+](=O)[O-])cc1)NNC(=O)c1ccc[nH]1. The van der Waals surface area contributed by atoms with Crippen LogP contribution < -0.4 is 16.2 Å². The summed E-state index contributed by atoms with van der Waals surface area (Å²) in [4.78, 5) is 36.0. The normalized spacial score (nSPS) is 10.0. The molecule has 126 valence electrons. The molecule has 0 fully saturated rings. The van der Waals surface area contributed by atoms with Gasteiger partial charge in [-0.15, -0.1) is 0 Å². The number of aromatic amines is 1. The number of rotatable bonds is 7. The Morgan fingerprint density at radius 3 is 2.50 bits per heavy atom. The number of nitro groups is 1. The number of carbonyl (C=O) groups excluding carboxylic acids is 2. The molecular formula is C15H17N5O4. The summed E-state index contributed by atoms with van der Waals surface area (Å²) in [6.07, 6.45) is 2.38.